The van der Waals surface area contributed by atoms with Crippen molar-refractivity contribution in [1.82, 2.24) is 9.29 Å². The molecule has 1 rings (SSSR count). The first-order valence-corrected chi connectivity index (χ1v) is 10.5. The largest absolute Gasteiger partial charge is 0.468 e. The predicted molar refractivity (Wildman–Crippen MR) is 100 cm³/mol. The van der Waals surface area contributed by atoms with Gasteiger partial charge in [0.05, 0.1) is 13.2 Å². The molecule has 8 heteroatoms. The summed E-state index contributed by atoms with van der Waals surface area (Å²) in [6, 6.07) is 3.54. The first kappa shape index (κ1) is 22.1. The van der Waals surface area contributed by atoms with Crippen molar-refractivity contribution in [2.75, 3.05) is 13.7 Å². The van der Waals surface area contributed by atoms with Crippen LogP contribution < -0.4 is 0 Å². The normalized spacial score (nSPS) is 10.1. The maximum Gasteiger partial charge on any atom is 0.357 e. The molecule has 23 heavy (non-hydrogen) atoms. The van der Waals surface area contributed by atoms with E-state index in [1.165, 1.54) is 16.2 Å². The Kier molecular flexibility index (Phi) is 12.1. The number of hydrogen-bond donors (Lipinski definition) is 0. The van der Waals surface area contributed by atoms with Gasteiger partial charge in [-0.05, 0) is 29.0 Å². The zero-order chi connectivity index (χ0) is 17.8. The number of rotatable bonds is 7. The Morgan fingerprint density at radius 3 is 2.57 bits per heavy atom. The lowest BCUT2D eigenvalue weighted by Gasteiger charge is -2.18. The van der Waals surface area contributed by atoms with Crippen LogP contribution in [0.25, 0.3) is 0 Å². The van der Waals surface area contributed by atoms with E-state index in [4.69, 9.17) is 4.74 Å². The summed E-state index contributed by atoms with van der Waals surface area (Å²) in [6.07, 6.45) is 1.33. The molecule has 1 heterocycles. The number of nitrogens with zero attached hydrogens (tertiary/aromatic N) is 2. The van der Waals surface area contributed by atoms with Gasteiger partial charge in [0.15, 0.2) is 5.69 Å². The number of aromatic nitrogens is 1. The molecule has 0 N–H and O–H groups in total. The van der Waals surface area contributed by atoms with Crippen LogP contribution >= 0.6 is 30.3 Å². The fraction of sp³-hybridized carbons (Fsp3) is 0.533. The molecule has 1 aromatic rings. The predicted octanol–water partition coefficient (Wildman–Crippen LogP) is 3.65. The van der Waals surface area contributed by atoms with E-state index in [-0.39, 0.29) is 24.3 Å². The minimum atomic E-state index is -0.461. The molecule has 0 atom stereocenters. The van der Waals surface area contributed by atoms with Crippen LogP contribution in [-0.2, 0) is 20.8 Å². The number of carbonyl (C=O) groups is 2. The Hall–Kier alpha value is -0.870. The molecule has 0 radical (unpaired) electrons. The molecule has 0 aliphatic carbocycles. The number of carbonyl (C=O) groups excluding carboxylic acids is 2. The Labute approximate surface area is 154 Å². The monoisotopic (exact) mass is 454 g/mol. The Morgan fingerprint density at radius 2 is 2.04 bits per heavy atom. The van der Waals surface area contributed by atoms with Crippen molar-refractivity contribution in [3.8, 4) is 0 Å². The van der Waals surface area contributed by atoms with Crippen molar-refractivity contribution < 1.29 is 19.1 Å². The second-order valence-corrected chi connectivity index (χ2v) is 6.24. The van der Waals surface area contributed by atoms with Gasteiger partial charge >= 0.3 is 11.9 Å². The van der Waals surface area contributed by atoms with Crippen molar-refractivity contribution in [2.45, 2.75) is 40.3 Å². The lowest BCUT2D eigenvalue weighted by atomic mass is 10.2. The van der Waals surface area contributed by atoms with E-state index in [9.17, 15) is 9.59 Å². The number of ether oxygens (including phenoxy) is 2. The highest BCUT2D eigenvalue weighted by Gasteiger charge is 2.19. The molecule has 0 bridgehead atoms. The molecule has 0 aliphatic rings. The zero-order valence-corrected chi connectivity index (χ0v) is 17.0. The molecule has 0 fully saturated rings. The van der Waals surface area contributed by atoms with Crippen LogP contribution in [0, 0.1) is 0 Å². The lowest BCUT2D eigenvalue weighted by Crippen LogP contribution is -2.25. The Balaban J connectivity index is 0.00000232. The third kappa shape index (κ3) is 8.52. The van der Waals surface area contributed by atoms with Gasteiger partial charge in [-0.25, -0.2) is 14.1 Å². The molecule has 0 aliphatic heterocycles. The van der Waals surface area contributed by atoms with E-state index in [2.05, 4.69) is 30.9 Å². The summed E-state index contributed by atoms with van der Waals surface area (Å²) in [4.78, 5) is 27.5. The van der Waals surface area contributed by atoms with Crippen LogP contribution in [0.3, 0.4) is 0 Å². The van der Waals surface area contributed by atoms with E-state index in [0.29, 0.717) is 12.1 Å². The van der Waals surface area contributed by atoms with Crippen LogP contribution in [0.1, 0.15) is 43.7 Å². The molecule has 130 valence electrons. The van der Waals surface area contributed by atoms with Gasteiger partial charge in [-0.3, -0.25) is 4.79 Å². The first-order chi connectivity index (χ1) is 11.0. The second kappa shape index (κ2) is 12.5. The average Bonchev–Trinajstić information content (AvgIpc) is 2.55. The fourth-order valence-corrected chi connectivity index (χ4v) is 2.70. The third-order valence-corrected chi connectivity index (χ3v) is 4.53. The Bertz CT molecular complexity index is 500. The molecular formula is C15H23IN2O4S. The molecule has 0 saturated heterocycles. The topological polar surface area (TPSA) is 68.7 Å². The number of halogens is 1. The minimum absolute atomic E-state index is 0.123. The summed E-state index contributed by atoms with van der Waals surface area (Å²) in [7, 11) is 2.71. The maximum absolute atomic E-state index is 12.0. The van der Waals surface area contributed by atoms with Crippen molar-refractivity contribution in [3.05, 3.63) is 29.6 Å². The molecule has 1 aromatic heterocycles. The van der Waals surface area contributed by atoms with Gasteiger partial charge in [0.2, 0.25) is 0 Å². The van der Waals surface area contributed by atoms with Gasteiger partial charge in [-0.2, -0.15) is 0 Å². The quantitative estimate of drug-likeness (QED) is 0.354. The van der Waals surface area contributed by atoms with Crippen LogP contribution in [0.4, 0.5) is 0 Å². The van der Waals surface area contributed by atoms with Crippen molar-refractivity contribution in [3.63, 3.8) is 0 Å². The highest BCUT2D eigenvalue weighted by molar-refractivity contribution is 14.2. The molecule has 0 unspecified atom stereocenters. The van der Waals surface area contributed by atoms with Crippen LogP contribution in [-0.4, -0.2) is 41.0 Å². The van der Waals surface area contributed by atoms with Gasteiger partial charge in [-0.1, -0.05) is 19.9 Å². The summed E-state index contributed by atoms with van der Waals surface area (Å²) in [5.41, 5.74) is 0.975. The standard InChI is InChI=1S/C13H17IN2O4S.C2H6/c1-9(2)20-13(18)12-10(5-4-6-15-12)7-16(21-14)8-11(17)19-3;1-2/h4-6,9H,7-8H2,1-3H3;1-2H3. The van der Waals surface area contributed by atoms with Gasteiger partial charge in [-0.15, -0.1) is 0 Å². The van der Waals surface area contributed by atoms with Gasteiger partial charge in [0.1, 0.15) is 6.54 Å². The molecule has 6 nitrogen and oxygen atoms in total. The smallest absolute Gasteiger partial charge is 0.357 e. The van der Waals surface area contributed by atoms with Gasteiger partial charge < -0.3 is 9.47 Å². The first-order valence-electron chi connectivity index (χ1n) is 7.23. The van der Waals surface area contributed by atoms with Crippen molar-refractivity contribution in [2.24, 2.45) is 0 Å². The summed E-state index contributed by atoms with van der Waals surface area (Å²) >= 11 is 2.07. The fourth-order valence-electron chi connectivity index (χ4n) is 1.52. The van der Waals surface area contributed by atoms with E-state index in [0.717, 1.165) is 0 Å². The lowest BCUT2D eigenvalue weighted by molar-refractivity contribution is -0.140. The molecular weight excluding hydrogens is 431 g/mol. The highest BCUT2D eigenvalue weighted by atomic mass is 127. The summed E-state index contributed by atoms with van der Waals surface area (Å²) in [5, 5.41) is 0. The summed E-state index contributed by atoms with van der Waals surface area (Å²) in [5.74, 6) is -0.800. The maximum atomic E-state index is 12.0. The van der Waals surface area contributed by atoms with Crippen LogP contribution in [0.5, 0.6) is 0 Å². The highest BCUT2D eigenvalue weighted by Crippen LogP contribution is 2.22. The van der Waals surface area contributed by atoms with Crippen LogP contribution in [0.15, 0.2) is 18.3 Å². The zero-order valence-electron chi connectivity index (χ0n) is 14.0. The van der Waals surface area contributed by atoms with Gasteiger partial charge in [0, 0.05) is 39.5 Å². The molecule has 0 amide bonds. The Morgan fingerprint density at radius 1 is 1.39 bits per heavy atom. The van der Waals surface area contributed by atoms with E-state index < -0.39 is 5.97 Å². The van der Waals surface area contributed by atoms with Gasteiger partial charge in [0.25, 0.3) is 0 Å². The molecule has 0 spiro atoms. The molecule has 0 saturated carbocycles. The number of methoxy groups -OCH3 is 1. The number of pyridine rings is 1. The summed E-state index contributed by atoms with van der Waals surface area (Å²) in [6.45, 7) is 8.08. The second-order valence-electron chi connectivity index (χ2n) is 4.41. The van der Waals surface area contributed by atoms with E-state index in [1.807, 2.05) is 13.8 Å². The average molecular weight is 454 g/mol. The van der Waals surface area contributed by atoms with E-state index in [1.54, 1.807) is 36.5 Å². The van der Waals surface area contributed by atoms with E-state index >= 15 is 0 Å². The summed E-state index contributed by atoms with van der Waals surface area (Å²) < 4.78 is 11.6. The SMILES string of the molecule is CC.COC(=O)CN(Cc1cccnc1C(=O)OC(C)C)SI. The van der Waals surface area contributed by atoms with Crippen molar-refractivity contribution in [1.29, 1.82) is 0 Å². The minimum Gasteiger partial charge on any atom is -0.468 e. The molecule has 0 aromatic carbocycles. The van der Waals surface area contributed by atoms with Crippen molar-refractivity contribution >= 4 is 42.3 Å². The number of hydrogen-bond acceptors (Lipinski definition) is 7. The third-order valence-electron chi connectivity index (χ3n) is 2.40. The number of esters is 2. The van der Waals surface area contributed by atoms with Crippen LogP contribution in [0.2, 0.25) is 0 Å².